The maximum Gasteiger partial charge on any atom is 0.227 e. The van der Waals surface area contributed by atoms with Gasteiger partial charge >= 0.3 is 0 Å². The Morgan fingerprint density at radius 1 is 1.18 bits per heavy atom. The topological polar surface area (TPSA) is 73.2 Å². The van der Waals surface area contributed by atoms with Gasteiger partial charge in [-0.2, -0.15) is 0 Å². The van der Waals surface area contributed by atoms with Crippen LogP contribution in [-0.2, 0) is 28.2 Å². The van der Waals surface area contributed by atoms with Crippen LogP contribution >= 0.6 is 11.6 Å². The molecule has 0 aromatic heterocycles. The Morgan fingerprint density at radius 3 is 2.70 bits per heavy atom. The smallest absolute Gasteiger partial charge is 0.227 e. The lowest BCUT2D eigenvalue weighted by atomic mass is 9.83. The summed E-state index contributed by atoms with van der Waals surface area (Å²) in [6.45, 7) is 3.68. The molecule has 6 nitrogen and oxygen atoms in total. The van der Waals surface area contributed by atoms with Crippen molar-refractivity contribution in [2.75, 3.05) is 32.8 Å². The maximum absolute atomic E-state index is 13.4. The van der Waals surface area contributed by atoms with Crippen LogP contribution in [0.5, 0.6) is 5.75 Å². The number of nitrogens with zero attached hydrogens (tertiary/aromatic N) is 2. The number of hydrogen-bond acceptors (Lipinski definition) is 5. The monoisotopic (exact) mass is 470 g/mol. The number of aliphatic hydroxyl groups is 1. The van der Waals surface area contributed by atoms with Gasteiger partial charge in [-0.05, 0) is 60.6 Å². The molecule has 2 aromatic carbocycles. The van der Waals surface area contributed by atoms with E-state index in [1.54, 1.807) is 23.1 Å². The van der Waals surface area contributed by atoms with Gasteiger partial charge in [0.15, 0.2) is 0 Å². The first-order valence-electron chi connectivity index (χ1n) is 11.8. The van der Waals surface area contributed by atoms with E-state index < -0.39 is 0 Å². The van der Waals surface area contributed by atoms with Crippen molar-refractivity contribution in [3.63, 3.8) is 0 Å². The molecule has 7 heteroatoms. The number of halogens is 1. The maximum atomic E-state index is 13.4. The summed E-state index contributed by atoms with van der Waals surface area (Å²) in [5.74, 6) is -0.0818. The molecule has 2 aromatic rings. The normalized spacial score (nSPS) is 22.7. The van der Waals surface area contributed by atoms with Gasteiger partial charge in [0.1, 0.15) is 5.75 Å². The molecule has 33 heavy (non-hydrogen) atoms. The molecular weight excluding hydrogens is 440 g/mol. The quantitative estimate of drug-likeness (QED) is 0.677. The van der Waals surface area contributed by atoms with Crippen molar-refractivity contribution in [3.05, 3.63) is 64.2 Å². The molecule has 1 unspecified atom stereocenters. The van der Waals surface area contributed by atoms with Crippen LogP contribution in [0, 0.1) is 5.92 Å². The van der Waals surface area contributed by atoms with E-state index in [1.165, 1.54) is 11.1 Å². The van der Waals surface area contributed by atoms with Crippen molar-refractivity contribution in [2.24, 2.45) is 5.92 Å². The zero-order valence-electron chi connectivity index (χ0n) is 18.8. The Bertz CT molecular complexity index is 1020. The minimum Gasteiger partial charge on any atom is -0.508 e. The van der Waals surface area contributed by atoms with Gasteiger partial charge in [0.05, 0.1) is 30.8 Å². The van der Waals surface area contributed by atoms with Gasteiger partial charge in [-0.25, -0.2) is 0 Å². The number of piperidine rings is 1. The third-order valence-electron chi connectivity index (χ3n) is 7.64. The van der Waals surface area contributed by atoms with Crippen molar-refractivity contribution in [1.29, 1.82) is 0 Å². The number of fused-ring (bicyclic) bond motifs is 2. The van der Waals surface area contributed by atoms with Crippen molar-refractivity contribution < 1.29 is 19.7 Å². The summed E-state index contributed by atoms with van der Waals surface area (Å²) in [6.07, 6.45) is 3.11. The fourth-order valence-electron chi connectivity index (χ4n) is 5.57. The minimum atomic E-state index is -0.288. The molecule has 0 aliphatic carbocycles. The van der Waals surface area contributed by atoms with Crippen molar-refractivity contribution in [2.45, 2.75) is 43.9 Å². The molecule has 1 spiro atoms. The zero-order chi connectivity index (χ0) is 23.0. The number of phenols is 1. The van der Waals surface area contributed by atoms with E-state index in [0.29, 0.717) is 31.1 Å². The van der Waals surface area contributed by atoms with Crippen LogP contribution in [0.25, 0.3) is 0 Å². The molecule has 2 N–H and O–H groups in total. The molecule has 0 bridgehead atoms. The molecule has 0 radical (unpaired) electrons. The van der Waals surface area contributed by atoms with Gasteiger partial charge in [-0.15, -0.1) is 0 Å². The fraction of sp³-hybridized carbons (Fsp3) is 0.500. The number of hydrogen-bond donors (Lipinski definition) is 2. The Hall–Kier alpha value is -2.12. The SMILES string of the molecule is O=C(C(Cc1cc(O)ccc1Cl)CN1CCC2(CC1)OCc1ccccc12)N1CC[C@H]1CO. The van der Waals surface area contributed by atoms with Crippen molar-refractivity contribution in [3.8, 4) is 5.75 Å². The average Bonchev–Trinajstić information content (AvgIpc) is 3.15. The van der Waals surface area contributed by atoms with Gasteiger partial charge in [-0.3, -0.25) is 4.79 Å². The van der Waals surface area contributed by atoms with E-state index in [9.17, 15) is 15.0 Å². The third-order valence-corrected chi connectivity index (χ3v) is 8.01. The molecular formula is C26H31ClN2O4. The van der Waals surface area contributed by atoms with Crippen molar-refractivity contribution >= 4 is 17.5 Å². The highest BCUT2D eigenvalue weighted by molar-refractivity contribution is 6.31. The number of aliphatic hydroxyl groups excluding tert-OH is 1. The van der Waals surface area contributed by atoms with Crippen molar-refractivity contribution in [1.82, 2.24) is 9.80 Å². The second kappa shape index (κ2) is 9.26. The number of phenolic OH excluding ortho intramolecular Hbond substituents is 1. The molecule has 2 atom stereocenters. The number of amides is 1. The van der Waals surface area contributed by atoms with Crippen LogP contribution in [0.4, 0.5) is 0 Å². The Morgan fingerprint density at radius 2 is 1.97 bits per heavy atom. The third kappa shape index (κ3) is 4.37. The van der Waals surface area contributed by atoms with Gasteiger partial charge < -0.3 is 24.7 Å². The summed E-state index contributed by atoms with van der Waals surface area (Å²) >= 11 is 6.39. The first-order valence-corrected chi connectivity index (χ1v) is 12.2. The fourth-order valence-corrected chi connectivity index (χ4v) is 5.77. The highest BCUT2D eigenvalue weighted by Gasteiger charge is 2.43. The Labute approximate surface area is 199 Å². The summed E-state index contributed by atoms with van der Waals surface area (Å²) in [7, 11) is 0. The lowest BCUT2D eigenvalue weighted by molar-refractivity contribution is -0.146. The van der Waals surface area contributed by atoms with E-state index in [-0.39, 0.29) is 35.8 Å². The van der Waals surface area contributed by atoms with E-state index in [1.807, 2.05) is 0 Å². The molecule has 5 rings (SSSR count). The zero-order valence-corrected chi connectivity index (χ0v) is 19.5. The minimum absolute atomic E-state index is 0.00563. The number of benzene rings is 2. The van der Waals surface area contributed by atoms with E-state index >= 15 is 0 Å². The van der Waals surface area contributed by atoms with Crippen LogP contribution < -0.4 is 0 Å². The van der Waals surface area contributed by atoms with Crippen LogP contribution in [0.3, 0.4) is 0 Å². The first kappa shape index (κ1) is 22.7. The summed E-state index contributed by atoms with van der Waals surface area (Å²) in [5, 5.41) is 20.1. The van der Waals surface area contributed by atoms with Gasteiger partial charge in [0.25, 0.3) is 0 Å². The highest BCUT2D eigenvalue weighted by Crippen LogP contribution is 2.44. The first-order chi connectivity index (χ1) is 16.0. The summed E-state index contributed by atoms with van der Waals surface area (Å²) in [5.41, 5.74) is 3.17. The summed E-state index contributed by atoms with van der Waals surface area (Å²) in [4.78, 5) is 17.6. The van der Waals surface area contributed by atoms with Crippen LogP contribution in [-0.4, -0.2) is 64.7 Å². The van der Waals surface area contributed by atoms with Crippen LogP contribution in [0.1, 0.15) is 36.0 Å². The van der Waals surface area contributed by atoms with Gasteiger partial charge in [-0.1, -0.05) is 35.9 Å². The lowest BCUT2D eigenvalue weighted by Gasteiger charge is -2.44. The Balaban J connectivity index is 1.30. The lowest BCUT2D eigenvalue weighted by Crippen LogP contribution is -2.56. The number of carbonyl (C=O) groups excluding carboxylic acids is 1. The number of rotatable bonds is 6. The van der Waals surface area contributed by atoms with E-state index in [2.05, 4.69) is 29.2 Å². The van der Waals surface area contributed by atoms with Crippen LogP contribution in [0.2, 0.25) is 5.02 Å². The predicted octanol–water partition coefficient (Wildman–Crippen LogP) is 3.32. The summed E-state index contributed by atoms with van der Waals surface area (Å²) in [6, 6.07) is 13.3. The highest BCUT2D eigenvalue weighted by atomic mass is 35.5. The largest absolute Gasteiger partial charge is 0.508 e. The molecule has 0 saturated carbocycles. The predicted molar refractivity (Wildman–Crippen MR) is 126 cm³/mol. The van der Waals surface area contributed by atoms with E-state index in [0.717, 1.165) is 37.9 Å². The number of likely N-dealkylation sites (tertiary alicyclic amines) is 2. The molecule has 2 saturated heterocycles. The van der Waals surface area contributed by atoms with E-state index in [4.69, 9.17) is 16.3 Å². The molecule has 176 valence electrons. The standard InChI is InChI=1S/C26H31ClN2O4/c27-24-6-5-22(31)14-19(24)13-20(25(32)29-10-7-21(29)16-30)15-28-11-8-26(9-12-28)23-4-2-1-3-18(23)17-33-26/h1-6,14,20-21,30-31H,7-13,15-17H2/t20?,21-/m0/s1. The summed E-state index contributed by atoms with van der Waals surface area (Å²) < 4.78 is 6.30. The second-order valence-electron chi connectivity index (χ2n) is 9.57. The number of ether oxygens (including phenoxy) is 1. The average molecular weight is 471 g/mol. The molecule has 1 amide bonds. The van der Waals surface area contributed by atoms with Gasteiger partial charge in [0, 0.05) is 31.2 Å². The second-order valence-corrected chi connectivity index (χ2v) is 9.98. The molecule has 3 aliphatic rings. The molecule has 3 heterocycles. The molecule has 2 fully saturated rings. The van der Waals surface area contributed by atoms with Gasteiger partial charge in [0.2, 0.25) is 5.91 Å². The number of carbonyl (C=O) groups is 1. The number of aromatic hydroxyl groups is 1. The van der Waals surface area contributed by atoms with Crippen LogP contribution in [0.15, 0.2) is 42.5 Å². The molecule has 3 aliphatic heterocycles. The Kier molecular flexibility index (Phi) is 6.36.